The third kappa shape index (κ3) is 1.99. The molecule has 1 aromatic carbocycles. The largest absolute Gasteiger partial charge is 0.497 e. The zero-order valence-corrected chi connectivity index (χ0v) is 12.9. The van der Waals surface area contributed by atoms with Crippen LogP contribution in [0.4, 0.5) is 0 Å². The highest BCUT2D eigenvalue weighted by molar-refractivity contribution is 6.17. The molecule has 1 aromatic heterocycles. The second-order valence-electron chi connectivity index (χ2n) is 5.59. The smallest absolute Gasteiger partial charge is 0.121 e. The number of hydrogen-bond donors (Lipinski definition) is 0. The Hall–Kier alpha value is -1.22. The van der Waals surface area contributed by atoms with Crippen LogP contribution in [0.5, 0.6) is 5.75 Å². The van der Waals surface area contributed by atoms with Crippen molar-refractivity contribution in [2.75, 3.05) is 13.0 Å². The zero-order chi connectivity index (χ0) is 14.2. The zero-order valence-electron chi connectivity index (χ0n) is 12.2. The molecule has 0 radical (unpaired) electrons. The molecule has 1 fully saturated rings. The van der Waals surface area contributed by atoms with Crippen molar-refractivity contribution in [3.05, 3.63) is 24.0 Å². The van der Waals surface area contributed by atoms with Gasteiger partial charge in [0.25, 0.3) is 0 Å². The number of alkyl halides is 1. The van der Waals surface area contributed by atoms with Crippen molar-refractivity contribution in [2.24, 2.45) is 0 Å². The third-order valence-corrected chi connectivity index (χ3v) is 4.85. The van der Waals surface area contributed by atoms with E-state index in [2.05, 4.69) is 17.6 Å². The van der Waals surface area contributed by atoms with Gasteiger partial charge in [0.2, 0.25) is 0 Å². The lowest BCUT2D eigenvalue weighted by atomic mass is 9.74. The quantitative estimate of drug-likeness (QED) is 0.775. The van der Waals surface area contributed by atoms with Crippen LogP contribution in [0.3, 0.4) is 0 Å². The van der Waals surface area contributed by atoms with Gasteiger partial charge >= 0.3 is 0 Å². The van der Waals surface area contributed by atoms with E-state index in [1.165, 1.54) is 24.8 Å². The summed E-state index contributed by atoms with van der Waals surface area (Å²) in [4.78, 5) is 4.81. The predicted molar refractivity (Wildman–Crippen MR) is 82.8 cm³/mol. The molecule has 2 aromatic rings. The van der Waals surface area contributed by atoms with Crippen LogP contribution >= 0.6 is 11.6 Å². The van der Waals surface area contributed by atoms with Crippen LogP contribution in [0, 0.1) is 0 Å². The Morgan fingerprint density at radius 1 is 1.40 bits per heavy atom. The van der Waals surface area contributed by atoms with E-state index in [-0.39, 0.29) is 5.54 Å². The van der Waals surface area contributed by atoms with E-state index in [4.69, 9.17) is 21.3 Å². The molecule has 0 amide bonds. The van der Waals surface area contributed by atoms with Gasteiger partial charge in [0.15, 0.2) is 0 Å². The Labute approximate surface area is 124 Å². The molecule has 1 heterocycles. The first-order valence-corrected chi connectivity index (χ1v) is 7.89. The highest BCUT2D eigenvalue weighted by atomic mass is 35.5. The molecular formula is C16H21ClN2O. The van der Waals surface area contributed by atoms with E-state index in [1.54, 1.807) is 7.11 Å². The van der Waals surface area contributed by atoms with Crippen molar-refractivity contribution in [3.63, 3.8) is 0 Å². The molecule has 20 heavy (non-hydrogen) atoms. The molecule has 1 saturated carbocycles. The van der Waals surface area contributed by atoms with Crippen LogP contribution < -0.4 is 4.74 Å². The summed E-state index contributed by atoms with van der Waals surface area (Å²) in [5, 5.41) is 0. The molecule has 108 valence electrons. The van der Waals surface area contributed by atoms with Crippen LogP contribution in [0.25, 0.3) is 11.0 Å². The minimum absolute atomic E-state index is 0.255. The lowest BCUT2D eigenvalue weighted by Gasteiger charge is -2.44. The molecular weight excluding hydrogens is 272 g/mol. The standard InChI is InChI=1S/C16H21ClN2O/c1-3-16(8-4-9-16)19-14-6-5-12(20-2)11-13(14)18-15(19)7-10-17/h5-6,11H,3-4,7-10H2,1-2H3. The fraction of sp³-hybridized carbons (Fsp3) is 0.562. The van der Waals surface area contributed by atoms with Gasteiger partial charge < -0.3 is 9.30 Å². The molecule has 0 atom stereocenters. The fourth-order valence-electron chi connectivity index (χ4n) is 3.34. The van der Waals surface area contributed by atoms with Gasteiger partial charge in [-0.15, -0.1) is 11.6 Å². The Morgan fingerprint density at radius 3 is 2.75 bits per heavy atom. The van der Waals surface area contributed by atoms with E-state index in [1.807, 2.05) is 12.1 Å². The average Bonchev–Trinajstić information content (AvgIpc) is 2.77. The first kappa shape index (κ1) is 13.7. The van der Waals surface area contributed by atoms with Gasteiger partial charge in [0, 0.05) is 23.9 Å². The Bertz CT molecular complexity index is 611. The fourth-order valence-corrected chi connectivity index (χ4v) is 3.51. The van der Waals surface area contributed by atoms with Gasteiger partial charge in [0.1, 0.15) is 11.6 Å². The Balaban J connectivity index is 2.19. The Kier molecular flexibility index (Phi) is 3.63. The number of fused-ring (bicyclic) bond motifs is 1. The van der Waals surface area contributed by atoms with Crippen LogP contribution in [-0.4, -0.2) is 22.5 Å². The summed E-state index contributed by atoms with van der Waals surface area (Å²) in [6, 6.07) is 6.17. The number of methoxy groups -OCH3 is 1. The molecule has 3 nitrogen and oxygen atoms in total. The van der Waals surface area contributed by atoms with Gasteiger partial charge in [-0.2, -0.15) is 0 Å². The van der Waals surface area contributed by atoms with Crippen molar-refractivity contribution in [2.45, 2.75) is 44.6 Å². The van der Waals surface area contributed by atoms with Gasteiger partial charge in [-0.05, 0) is 37.8 Å². The molecule has 0 unspecified atom stereocenters. The van der Waals surface area contributed by atoms with Crippen LogP contribution in [0.2, 0.25) is 0 Å². The highest BCUT2D eigenvalue weighted by Crippen LogP contribution is 2.45. The van der Waals surface area contributed by atoms with Crippen LogP contribution in [0.15, 0.2) is 18.2 Å². The van der Waals surface area contributed by atoms with Crippen molar-refractivity contribution >= 4 is 22.6 Å². The molecule has 0 spiro atoms. The van der Waals surface area contributed by atoms with Gasteiger partial charge in [-0.3, -0.25) is 0 Å². The summed E-state index contributed by atoms with van der Waals surface area (Å²) in [5.41, 5.74) is 2.49. The van der Waals surface area contributed by atoms with E-state index in [9.17, 15) is 0 Å². The minimum atomic E-state index is 0.255. The van der Waals surface area contributed by atoms with Crippen molar-refractivity contribution in [1.82, 2.24) is 9.55 Å². The maximum absolute atomic E-state index is 5.97. The maximum Gasteiger partial charge on any atom is 0.121 e. The molecule has 0 saturated heterocycles. The summed E-state index contributed by atoms with van der Waals surface area (Å²) in [6.45, 7) is 2.28. The van der Waals surface area contributed by atoms with Crippen LogP contribution in [-0.2, 0) is 12.0 Å². The SMILES string of the molecule is CCC1(n2c(CCCl)nc3cc(OC)ccc32)CCC1. The number of benzene rings is 1. The van der Waals surface area contributed by atoms with E-state index < -0.39 is 0 Å². The number of aryl methyl sites for hydroxylation is 1. The summed E-state index contributed by atoms with van der Waals surface area (Å²) >= 11 is 5.97. The second kappa shape index (κ2) is 5.28. The number of ether oxygens (including phenoxy) is 1. The average molecular weight is 293 g/mol. The third-order valence-electron chi connectivity index (χ3n) is 4.67. The van der Waals surface area contributed by atoms with E-state index in [0.717, 1.165) is 29.9 Å². The lowest BCUT2D eigenvalue weighted by Crippen LogP contribution is -2.41. The number of hydrogen-bond acceptors (Lipinski definition) is 2. The number of rotatable bonds is 5. The van der Waals surface area contributed by atoms with Crippen molar-refractivity contribution in [3.8, 4) is 5.75 Å². The van der Waals surface area contributed by atoms with Gasteiger partial charge in [-0.1, -0.05) is 6.92 Å². The number of aromatic nitrogens is 2. The monoisotopic (exact) mass is 292 g/mol. The molecule has 3 rings (SSSR count). The topological polar surface area (TPSA) is 27.1 Å². The molecule has 4 heteroatoms. The summed E-state index contributed by atoms with van der Waals surface area (Å²) in [7, 11) is 1.69. The summed E-state index contributed by atoms with van der Waals surface area (Å²) in [6.07, 6.45) is 5.77. The Morgan fingerprint density at radius 2 is 2.20 bits per heavy atom. The molecule has 0 N–H and O–H groups in total. The molecule has 1 aliphatic rings. The minimum Gasteiger partial charge on any atom is -0.497 e. The summed E-state index contributed by atoms with van der Waals surface area (Å²) < 4.78 is 7.76. The van der Waals surface area contributed by atoms with Crippen molar-refractivity contribution < 1.29 is 4.74 Å². The predicted octanol–water partition coefficient (Wildman–Crippen LogP) is 4.12. The number of imidazole rings is 1. The molecule has 0 aliphatic heterocycles. The second-order valence-corrected chi connectivity index (χ2v) is 5.97. The molecule has 0 bridgehead atoms. The van der Waals surface area contributed by atoms with Crippen LogP contribution in [0.1, 0.15) is 38.4 Å². The molecule has 1 aliphatic carbocycles. The van der Waals surface area contributed by atoms with Gasteiger partial charge in [0.05, 0.1) is 18.1 Å². The highest BCUT2D eigenvalue weighted by Gasteiger charge is 2.39. The van der Waals surface area contributed by atoms with E-state index in [0.29, 0.717) is 5.88 Å². The van der Waals surface area contributed by atoms with Crippen molar-refractivity contribution in [1.29, 1.82) is 0 Å². The maximum atomic E-state index is 5.97. The first-order chi connectivity index (χ1) is 9.74. The van der Waals surface area contributed by atoms with Gasteiger partial charge in [-0.25, -0.2) is 4.98 Å². The lowest BCUT2D eigenvalue weighted by molar-refractivity contribution is 0.137. The van der Waals surface area contributed by atoms with E-state index >= 15 is 0 Å². The first-order valence-electron chi connectivity index (χ1n) is 7.36. The summed E-state index contributed by atoms with van der Waals surface area (Å²) in [5.74, 6) is 2.59. The number of halogens is 1. The normalized spacial score (nSPS) is 17.1. The number of nitrogens with zero attached hydrogens (tertiary/aromatic N) is 2.